The number of hydrogen-bond donors (Lipinski definition) is 2. The van der Waals surface area contributed by atoms with Crippen LogP contribution in [0.25, 0.3) is 0 Å². The maximum Gasteiger partial charge on any atom is 0.211 e. The van der Waals surface area contributed by atoms with Gasteiger partial charge in [0.05, 0.1) is 5.75 Å². The molecule has 0 amide bonds. The maximum atomic E-state index is 11.9. The summed E-state index contributed by atoms with van der Waals surface area (Å²) in [5, 5.41) is 3.44. The minimum Gasteiger partial charge on any atom is -0.316 e. The highest BCUT2D eigenvalue weighted by Gasteiger charge is 2.45. The Balaban J connectivity index is 1.39. The van der Waals surface area contributed by atoms with Crippen LogP contribution in [0.4, 0.5) is 0 Å². The average Bonchev–Trinajstić information content (AvgIpc) is 2.92. The summed E-state index contributed by atoms with van der Waals surface area (Å²) >= 11 is 0. The van der Waals surface area contributed by atoms with Gasteiger partial charge in [-0.3, -0.25) is 0 Å². The molecule has 3 rings (SSSR count). The number of nitrogens with one attached hydrogen (secondary N) is 2. The predicted octanol–water partition coefficient (Wildman–Crippen LogP) is 1.17. The molecule has 1 aliphatic carbocycles. The molecular formula is C16H31N3O2S. The third-order valence-electron chi connectivity index (χ3n) is 5.66. The molecule has 128 valence electrons. The lowest BCUT2D eigenvalue weighted by atomic mass is 9.67. The van der Waals surface area contributed by atoms with E-state index in [4.69, 9.17) is 0 Å². The van der Waals surface area contributed by atoms with Crippen LogP contribution in [0.2, 0.25) is 0 Å². The summed E-state index contributed by atoms with van der Waals surface area (Å²) in [4.78, 5) is 2.61. The molecule has 0 radical (unpaired) electrons. The zero-order chi connectivity index (χ0) is 15.6. The first-order valence-electron chi connectivity index (χ1n) is 8.93. The molecule has 0 aromatic rings. The van der Waals surface area contributed by atoms with E-state index < -0.39 is 10.0 Å². The van der Waals surface area contributed by atoms with Crippen LogP contribution in [-0.4, -0.2) is 57.8 Å². The second kappa shape index (κ2) is 6.75. The minimum atomic E-state index is -3.05. The van der Waals surface area contributed by atoms with Crippen LogP contribution in [0.1, 0.15) is 45.4 Å². The average molecular weight is 330 g/mol. The van der Waals surface area contributed by atoms with Gasteiger partial charge in [0.15, 0.2) is 0 Å². The second-order valence-corrected chi connectivity index (χ2v) is 9.61. The molecule has 1 spiro atoms. The van der Waals surface area contributed by atoms with Crippen LogP contribution in [0.3, 0.4) is 0 Å². The van der Waals surface area contributed by atoms with Gasteiger partial charge in [0, 0.05) is 25.7 Å². The standard InChI is InChI=1S/C16H31N3O2S/c1-2-9-22(20,21)18-15-3-6-16(7-4-15)12-19(13-16)11-14-5-8-17-10-14/h14-15,17-18H,2-13H2,1H3. The summed E-state index contributed by atoms with van der Waals surface area (Å²) < 4.78 is 26.6. The molecule has 1 saturated carbocycles. The monoisotopic (exact) mass is 329 g/mol. The molecule has 5 nitrogen and oxygen atoms in total. The maximum absolute atomic E-state index is 11.9. The van der Waals surface area contributed by atoms with Crippen molar-refractivity contribution in [3.8, 4) is 0 Å². The summed E-state index contributed by atoms with van der Waals surface area (Å²) in [6, 6.07) is 0.176. The Bertz CT molecular complexity index is 458. The molecule has 2 aliphatic heterocycles. The summed E-state index contributed by atoms with van der Waals surface area (Å²) in [5.41, 5.74) is 0.499. The van der Waals surface area contributed by atoms with E-state index in [0.717, 1.165) is 18.8 Å². The molecule has 0 aromatic heterocycles. The fourth-order valence-electron chi connectivity index (χ4n) is 4.51. The largest absolute Gasteiger partial charge is 0.316 e. The number of rotatable bonds is 6. The van der Waals surface area contributed by atoms with Crippen LogP contribution >= 0.6 is 0 Å². The first-order chi connectivity index (χ1) is 10.5. The summed E-state index contributed by atoms with van der Waals surface area (Å²) in [7, 11) is -3.05. The van der Waals surface area contributed by atoms with Gasteiger partial charge in [-0.15, -0.1) is 0 Å². The third kappa shape index (κ3) is 4.02. The lowest BCUT2D eigenvalue weighted by molar-refractivity contribution is -0.0387. The van der Waals surface area contributed by atoms with Gasteiger partial charge < -0.3 is 10.2 Å². The molecule has 1 atom stereocenters. The molecule has 6 heteroatoms. The van der Waals surface area contributed by atoms with Crippen LogP contribution < -0.4 is 10.0 Å². The van der Waals surface area contributed by atoms with Crippen LogP contribution in [0.5, 0.6) is 0 Å². The molecule has 22 heavy (non-hydrogen) atoms. The zero-order valence-electron chi connectivity index (χ0n) is 13.8. The Morgan fingerprint density at radius 1 is 1.23 bits per heavy atom. The van der Waals surface area contributed by atoms with Crippen molar-refractivity contribution >= 4 is 10.0 Å². The highest BCUT2D eigenvalue weighted by Crippen LogP contribution is 2.44. The molecule has 0 aromatic carbocycles. The Morgan fingerprint density at radius 3 is 2.55 bits per heavy atom. The third-order valence-corrected chi connectivity index (χ3v) is 7.30. The SMILES string of the molecule is CCCS(=O)(=O)NC1CCC2(CC1)CN(CC1CCNC1)C2. The second-order valence-electron chi connectivity index (χ2n) is 7.74. The van der Waals surface area contributed by atoms with E-state index in [1.807, 2.05) is 6.92 Å². The highest BCUT2D eigenvalue weighted by atomic mass is 32.2. The molecule has 2 N–H and O–H groups in total. The van der Waals surface area contributed by atoms with Crippen molar-refractivity contribution in [2.24, 2.45) is 11.3 Å². The van der Waals surface area contributed by atoms with Crippen LogP contribution in [-0.2, 0) is 10.0 Å². The number of hydrogen-bond acceptors (Lipinski definition) is 4. The topological polar surface area (TPSA) is 61.4 Å². The normalized spacial score (nSPS) is 29.8. The Kier molecular flexibility index (Phi) is 5.12. The van der Waals surface area contributed by atoms with Crippen molar-refractivity contribution in [3.63, 3.8) is 0 Å². The van der Waals surface area contributed by atoms with E-state index >= 15 is 0 Å². The Labute approximate surface area is 135 Å². The molecule has 0 bridgehead atoms. The van der Waals surface area contributed by atoms with Gasteiger partial charge in [0.1, 0.15) is 0 Å². The van der Waals surface area contributed by atoms with Crippen molar-refractivity contribution in [1.82, 2.24) is 14.9 Å². The van der Waals surface area contributed by atoms with Crippen molar-refractivity contribution in [2.75, 3.05) is 38.5 Å². The fourth-order valence-corrected chi connectivity index (χ4v) is 5.91. The smallest absolute Gasteiger partial charge is 0.211 e. The van der Waals surface area contributed by atoms with Crippen molar-refractivity contribution in [1.29, 1.82) is 0 Å². The highest BCUT2D eigenvalue weighted by molar-refractivity contribution is 7.89. The van der Waals surface area contributed by atoms with Gasteiger partial charge in [-0.1, -0.05) is 6.92 Å². The van der Waals surface area contributed by atoms with Crippen molar-refractivity contribution < 1.29 is 8.42 Å². The fraction of sp³-hybridized carbons (Fsp3) is 1.00. The quantitative estimate of drug-likeness (QED) is 0.768. The van der Waals surface area contributed by atoms with Gasteiger partial charge >= 0.3 is 0 Å². The lowest BCUT2D eigenvalue weighted by Gasteiger charge is -2.54. The van der Waals surface area contributed by atoms with Crippen molar-refractivity contribution in [3.05, 3.63) is 0 Å². The minimum absolute atomic E-state index is 0.176. The van der Waals surface area contributed by atoms with Gasteiger partial charge in [-0.2, -0.15) is 0 Å². The Hall–Kier alpha value is -0.170. The van der Waals surface area contributed by atoms with E-state index in [0.29, 0.717) is 11.8 Å². The van der Waals surface area contributed by atoms with Gasteiger partial charge in [0.2, 0.25) is 10.0 Å². The zero-order valence-corrected chi connectivity index (χ0v) is 14.6. The lowest BCUT2D eigenvalue weighted by Crippen LogP contribution is -2.59. The predicted molar refractivity (Wildman–Crippen MR) is 89.3 cm³/mol. The summed E-state index contributed by atoms with van der Waals surface area (Å²) in [6.07, 6.45) is 6.42. The number of nitrogens with zero attached hydrogens (tertiary/aromatic N) is 1. The van der Waals surface area contributed by atoms with Crippen LogP contribution in [0, 0.1) is 11.3 Å². The van der Waals surface area contributed by atoms with E-state index in [2.05, 4.69) is 14.9 Å². The molecule has 2 saturated heterocycles. The molecule has 2 heterocycles. The van der Waals surface area contributed by atoms with Gasteiger partial charge in [0.25, 0.3) is 0 Å². The van der Waals surface area contributed by atoms with E-state index in [1.54, 1.807) is 0 Å². The van der Waals surface area contributed by atoms with E-state index in [9.17, 15) is 8.42 Å². The van der Waals surface area contributed by atoms with Crippen molar-refractivity contribution in [2.45, 2.75) is 51.5 Å². The molecular weight excluding hydrogens is 298 g/mol. The van der Waals surface area contributed by atoms with E-state index in [-0.39, 0.29) is 11.8 Å². The molecule has 3 fully saturated rings. The van der Waals surface area contributed by atoms with E-state index in [1.165, 1.54) is 52.0 Å². The molecule has 1 unspecified atom stereocenters. The first kappa shape index (κ1) is 16.7. The first-order valence-corrected chi connectivity index (χ1v) is 10.6. The number of likely N-dealkylation sites (tertiary alicyclic amines) is 1. The van der Waals surface area contributed by atoms with Gasteiger partial charge in [-0.05, 0) is 62.9 Å². The van der Waals surface area contributed by atoms with Gasteiger partial charge in [-0.25, -0.2) is 13.1 Å². The summed E-state index contributed by atoms with van der Waals surface area (Å²) in [5.74, 6) is 1.10. The number of sulfonamides is 1. The van der Waals surface area contributed by atoms with Crippen LogP contribution in [0.15, 0.2) is 0 Å². The Morgan fingerprint density at radius 2 is 1.95 bits per heavy atom. The molecule has 3 aliphatic rings. The summed E-state index contributed by atoms with van der Waals surface area (Å²) in [6.45, 7) is 8.00.